The molecule has 1 unspecified atom stereocenters. The summed E-state index contributed by atoms with van der Waals surface area (Å²) in [6, 6.07) is 8.58. The van der Waals surface area contributed by atoms with E-state index in [2.05, 4.69) is 13.8 Å². The first-order chi connectivity index (χ1) is 16.4. The normalized spacial score (nSPS) is 40.8. The number of hydrogen-bond donors (Lipinski definition) is 1. The summed E-state index contributed by atoms with van der Waals surface area (Å²) in [7, 11) is 0. The van der Waals surface area contributed by atoms with Crippen LogP contribution >= 0.6 is 0 Å². The van der Waals surface area contributed by atoms with Crippen LogP contribution in [0.25, 0.3) is 0 Å². The van der Waals surface area contributed by atoms with E-state index in [0.717, 1.165) is 6.42 Å². The van der Waals surface area contributed by atoms with Crippen molar-refractivity contribution in [1.82, 2.24) is 0 Å². The number of carbonyl (C=O) groups is 3. The first kappa shape index (κ1) is 24.0. The van der Waals surface area contributed by atoms with E-state index >= 15 is 0 Å². The van der Waals surface area contributed by atoms with Crippen LogP contribution in [0.2, 0.25) is 0 Å². The molecule has 0 amide bonds. The van der Waals surface area contributed by atoms with E-state index in [1.807, 2.05) is 19.1 Å². The summed E-state index contributed by atoms with van der Waals surface area (Å²) >= 11 is 0. The number of fused-ring (bicyclic) bond motifs is 3. The molecule has 8 atom stereocenters. The predicted octanol–water partition coefficient (Wildman–Crippen LogP) is 4.28. The topological polar surface area (TPSA) is 89.9 Å². The molecule has 0 aromatic heterocycles. The lowest BCUT2D eigenvalue weighted by Crippen LogP contribution is -2.66. The highest BCUT2D eigenvalue weighted by atomic mass is 16.6. The second kappa shape index (κ2) is 7.63. The van der Waals surface area contributed by atoms with Crippen LogP contribution < -0.4 is 0 Å². The van der Waals surface area contributed by atoms with Gasteiger partial charge in [0.1, 0.15) is 0 Å². The molecule has 1 aromatic rings. The van der Waals surface area contributed by atoms with Crippen molar-refractivity contribution in [2.24, 2.45) is 34.5 Å². The monoisotopic (exact) mass is 478 g/mol. The minimum atomic E-state index is -1.96. The van der Waals surface area contributed by atoms with E-state index < -0.39 is 41.1 Å². The Balaban J connectivity index is 1.71. The van der Waals surface area contributed by atoms with Gasteiger partial charge >= 0.3 is 11.9 Å². The fraction of sp³-hybridized carbons (Fsp3) is 0.552. The minimum absolute atomic E-state index is 0.0122. The number of allylic oxidation sites excluding steroid dienone is 1. The van der Waals surface area contributed by atoms with Crippen molar-refractivity contribution in [1.29, 1.82) is 0 Å². The van der Waals surface area contributed by atoms with Crippen LogP contribution in [0.3, 0.4) is 0 Å². The van der Waals surface area contributed by atoms with Gasteiger partial charge in [0.25, 0.3) is 0 Å². The highest BCUT2D eigenvalue weighted by Gasteiger charge is 2.77. The van der Waals surface area contributed by atoms with E-state index in [9.17, 15) is 19.5 Å². The Morgan fingerprint density at radius 1 is 1.03 bits per heavy atom. The van der Waals surface area contributed by atoms with Gasteiger partial charge in [-0.05, 0) is 66.7 Å². The van der Waals surface area contributed by atoms with Gasteiger partial charge in [0.05, 0.1) is 11.0 Å². The summed E-state index contributed by atoms with van der Waals surface area (Å²) in [5.74, 6) is -1.39. The van der Waals surface area contributed by atoms with Crippen molar-refractivity contribution in [3.63, 3.8) is 0 Å². The average Bonchev–Trinajstić information content (AvgIpc) is 3.29. The van der Waals surface area contributed by atoms with Crippen LogP contribution in [-0.2, 0) is 19.1 Å². The van der Waals surface area contributed by atoms with Gasteiger partial charge in [0.2, 0.25) is 0 Å². The zero-order chi connectivity index (χ0) is 25.5. The van der Waals surface area contributed by atoms with E-state index in [1.54, 1.807) is 44.2 Å². The number of rotatable bonds is 3. The molecule has 6 nitrogen and oxygen atoms in total. The molecule has 2 saturated carbocycles. The molecule has 186 valence electrons. The van der Waals surface area contributed by atoms with Crippen molar-refractivity contribution in [2.45, 2.75) is 65.8 Å². The number of aliphatic hydroxyl groups is 1. The largest absolute Gasteiger partial charge is 0.455 e. The van der Waals surface area contributed by atoms with Gasteiger partial charge in [-0.15, -0.1) is 0 Å². The summed E-state index contributed by atoms with van der Waals surface area (Å²) < 4.78 is 11.7. The number of Topliss-reactive ketones (excluding diaryl/α,β-unsaturated/α-hetero) is 1. The van der Waals surface area contributed by atoms with Crippen molar-refractivity contribution in [3.8, 4) is 0 Å². The maximum Gasteiger partial charge on any atom is 0.338 e. The first-order valence-corrected chi connectivity index (χ1v) is 12.4. The molecule has 1 N–H and O–H groups in total. The van der Waals surface area contributed by atoms with E-state index in [4.69, 9.17) is 9.47 Å². The van der Waals surface area contributed by atoms with Crippen LogP contribution in [0.1, 0.15) is 58.3 Å². The highest BCUT2D eigenvalue weighted by molar-refractivity contribution is 5.96. The second-order valence-electron chi connectivity index (χ2n) is 11.6. The molecule has 4 aliphatic rings. The van der Waals surface area contributed by atoms with Gasteiger partial charge in [-0.2, -0.15) is 0 Å². The van der Waals surface area contributed by atoms with Crippen molar-refractivity contribution < 1.29 is 29.0 Å². The number of esters is 2. The molecule has 35 heavy (non-hydrogen) atoms. The van der Waals surface area contributed by atoms with Gasteiger partial charge in [0.15, 0.2) is 23.6 Å². The number of carbonyl (C=O) groups excluding carboxylic acids is 3. The van der Waals surface area contributed by atoms with Crippen molar-refractivity contribution in [3.05, 3.63) is 59.2 Å². The molecule has 1 aromatic carbocycles. The maximum atomic E-state index is 14.5. The Labute approximate surface area is 206 Å². The zero-order valence-corrected chi connectivity index (χ0v) is 21.2. The quantitative estimate of drug-likeness (QED) is 0.515. The van der Waals surface area contributed by atoms with E-state index in [-0.39, 0.29) is 23.0 Å². The minimum Gasteiger partial charge on any atom is -0.455 e. The summed E-state index contributed by atoms with van der Waals surface area (Å²) in [6.07, 6.45) is 2.20. The lowest BCUT2D eigenvalue weighted by molar-refractivity contribution is -0.202. The Morgan fingerprint density at radius 2 is 1.66 bits per heavy atom. The summed E-state index contributed by atoms with van der Waals surface area (Å²) in [5, 5.41) is 12.7. The Kier molecular flexibility index (Phi) is 5.23. The lowest BCUT2D eigenvalue weighted by Gasteiger charge is -2.49. The summed E-state index contributed by atoms with van der Waals surface area (Å²) in [4.78, 5) is 39.9. The molecule has 1 spiro atoms. The van der Waals surface area contributed by atoms with Crippen LogP contribution in [0.15, 0.2) is 53.6 Å². The fourth-order valence-corrected chi connectivity index (χ4v) is 7.65. The molecular weight excluding hydrogens is 444 g/mol. The van der Waals surface area contributed by atoms with Crippen LogP contribution in [-0.4, -0.2) is 40.6 Å². The summed E-state index contributed by atoms with van der Waals surface area (Å²) in [6.45, 7) is 11.2. The molecule has 0 heterocycles. The molecule has 6 heteroatoms. The van der Waals surface area contributed by atoms with Crippen LogP contribution in [0.4, 0.5) is 0 Å². The average molecular weight is 479 g/mol. The van der Waals surface area contributed by atoms with Gasteiger partial charge < -0.3 is 14.6 Å². The summed E-state index contributed by atoms with van der Waals surface area (Å²) in [5.41, 5.74) is -1.74. The van der Waals surface area contributed by atoms with Gasteiger partial charge in [-0.1, -0.05) is 51.1 Å². The number of hydrogen-bond acceptors (Lipinski definition) is 6. The molecular formula is C29H34O6. The smallest absolute Gasteiger partial charge is 0.338 e. The molecule has 0 radical (unpaired) electrons. The molecule has 5 rings (SSSR count). The van der Waals surface area contributed by atoms with E-state index in [0.29, 0.717) is 22.6 Å². The van der Waals surface area contributed by atoms with Crippen LogP contribution in [0.5, 0.6) is 0 Å². The van der Waals surface area contributed by atoms with Gasteiger partial charge in [0, 0.05) is 12.8 Å². The molecule has 2 bridgehead atoms. The third kappa shape index (κ3) is 3.08. The molecule has 0 aliphatic heterocycles. The zero-order valence-electron chi connectivity index (χ0n) is 21.2. The predicted molar refractivity (Wildman–Crippen MR) is 129 cm³/mol. The third-order valence-electron chi connectivity index (χ3n) is 9.33. The molecule has 2 fully saturated rings. The van der Waals surface area contributed by atoms with Crippen molar-refractivity contribution in [2.75, 3.05) is 0 Å². The van der Waals surface area contributed by atoms with Crippen molar-refractivity contribution >= 4 is 17.7 Å². The Bertz CT molecular complexity index is 1160. The third-order valence-corrected chi connectivity index (χ3v) is 9.33. The Hall–Kier alpha value is -2.73. The van der Waals surface area contributed by atoms with Gasteiger partial charge in [-0.25, -0.2) is 4.79 Å². The van der Waals surface area contributed by atoms with E-state index in [1.165, 1.54) is 6.92 Å². The molecule has 0 saturated heterocycles. The van der Waals surface area contributed by atoms with Gasteiger partial charge in [-0.3, -0.25) is 9.59 Å². The molecule has 4 aliphatic carbocycles. The maximum absolute atomic E-state index is 14.5. The highest BCUT2D eigenvalue weighted by Crippen LogP contribution is 2.71. The lowest BCUT2D eigenvalue weighted by atomic mass is 9.59. The Morgan fingerprint density at radius 3 is 2.29 bits per heavy atom. The standard InChI is InChI=1S/C29H34O6/c1-15-12-20-22-21(27(22,5)6)13-17(3)28(23(20)31)14-16(2)25(34-18(4)30)29(28,33)24(15)35-26(32)19-10-8-7-9-11-19/h7-12,14,17,20-22,24-25,33H,13H2,1-6H3/t17-,20?,21-,22+,24-,25+,28+,29+/m1/s1. The first-order valence-electron chi connectivity index (χ1n) is 12.4. The second-order valence-corrected chi connectivity index (χ2v) is 11.6. The SMILES string of the molecule is CC(=O)O[C@H]1C(C)=C[C@]23C(=O)C(C=C(C)[C@@H](OC(=O)c4ccccc4)[C@]12O)[C@H]1[C@@H](C[C@H]3C)C1(C)C. The van der Waals surface area contributed by atoms with Crippen LogP contribution in [0, 0.1) is 34.5 Å². The number of benzene rings is 1. The number of ether oxygens (including phenoxy) is 2. The fourth-order valence-electron chi connectivity index (χ4n) is 7.65. The number of ketones is 1.